The smallest absolute Gasteiger partial charge is 0.300 e. The number of benzene rings is 3. The highest BCUT2D eigenvalue weighted by Crippen LogP contribution is 2.45. The van der Waals surface area contributed by atoms with E-state index in [4.69, 9.17) is 25.8 Å². The molecule has 0 radical (unpaired) electrons. The van der Waals surface area contributed by atoms with E-state index in [9.17, 15) is 14.7 Å². The lowest BCUT2D eigenvalue weighted by Crippen LogP contribution is -2.29. The summed E-state index contributed by atoms with van der Waals surface area (Å²) in [5.74, 6) is -0.449. The predicted octanol–water partition coefficient (Wildman–Crippen LogP) is 5.40. The van der Waals surface area contributed by atoms with Crippen LogP contribution >= 0.6 is 11.6 Å². The number of hydrogen-bond acceptors (Lipinski definition) is 6. The SMILES string of the molecule is CCOc1cc(/C(O)=C2\C(=O)C(=O)N(c3ccc4c(c3)OCO4)C2c2cccc(C)c2)ccc1Cl. The van der Waals surface area contributed by atoms with E-state index in [0.29, 0.717) is 45.7 Å². The van der Waals surface area contributed by atoms with Crippen LogP contribution in [0.3, 0.4) is 0 Å². The molecule has 0 aromatic heterocycles. The molecule has 2 heterocycles. The highest BCUT2D eigenvalue weighted by Gasteiger charge is 2.47. The molecule has 8 heteroatoms. The lowest BCUT2D eigenvalue weighted by atomic mass is 9.94. The van der Waals surface area contributed by atoms with Gasteiger partial charge in [-0.3, -0.25) is 14.5 Å². The van der Waals surface area contributed by atoms with E-state index in [1.807, 2.05) is 38.1 Å². The van der Waals surface area contributed by atoms with Crippen LogP contribution in [0.2, 0.25) is 5.02 Å². The summed E-state index contributed by atoms with van der Waals surface area (Å²) in [6.07, 6.45) is 0. The number of aliphatic hydroxyl groups excluding tert-OH is 1. The van der Waals surface area contributed by atoms with Gasteiger partial charge in [0.05, 0.1) is 23.2 Å². The van der Waals surface area contributed by atoms with Gasteiger partial charge in [0.25, 0.3) is 11.7 Å². The van der Waals surface area contributed by atoms with Crippen LogP contribution in [0.1, 0.15) is 29.7 Å². The molecule has 7 nitrogen and oxygen atoms in total. The Labute approximate surface area is 207 Å². The number of fused-ring (bicyclic) bond motifs is 1. The molecule has 1 atom stereocenters. The second-order valence-corrected chi connectivity index (χ2v) is 8.61. The van der Waals surface area contributed by atoms with Crippen molar-refractivity contribution < 1.29 is 28.9 Å². The molecule has 2 aliphatic rings. The Morgan fingerprint density at radius 1 is 1.09 bits per heavy atom. The summed E-state index contributed by atoms with van der Waals surface area (Å²) in [6.45, 7) is 4.20. The number of ether oxygens (including phenoxy) is 3. The zero-order valence-electron chi connectivity index (χ0n) is 19.1. The number of ketones is 1. The van der Waals surface area contributed by atoms with Gasteiger partial charge < -0.3 is 19.3 Å². The molecule has 0 bridgehead atoms. The average Bonchev–Trinajstić information content (AvgIpc) is 3.42. The molecule has 3 aromatic carbocycles. The zero-order chi connectivity index (χ0) is 24.7. The topological polar surface area (TPSA) is 85.3 Å². The van der Waals surface area contributed by atoms with Crippen molar-refractivity contribution in [3.63, 3.8) is 0 Å². The molecule has 0 aliphatic carbocycles. The molecular weight excluding hydrogens is 470 g/mol. The van der Waals surface area contributed by atoms with Gasteiger partial charge in [-0.1, -0.05) is 41.4 Å². The van der Waals surface area contributed by atoms with Crippen LogP contribution in [0.5, 0.6) is 17.2 Å². The minimum absolute atomic E-state index is 0.0250. The molecular formula is C27H22ClNO6. The number of halogens is 1. The Balaban J connectivity index is 1.70. The summed E-state index contributed by atoms with van der Waals surface area (Å²) < 4.78 is 16.4. The van der Waals surface area contributed by atoms with E-state index in [1.165, 1.54) is 4.90 Å². The molecule has 1 fully saturated rings. The Morgan fingerprint density at radius 2 is 1.89 bits per heavy atom. The standard InChI is InChI=1S/C27H22ClNO6/c1-3-33-21-12-17(7-9-19(21)28)25(30)23-24(16-6-4-5-15(2)11-16)29(27(32)26(23)31)18-8-10-20-22(13-18)35-14-34-20/h4-13,24,30H,3,14H2,1-2H3/b25-23+. The molecule has 0 spiro atoms. The summed E-state index contributed by atoms with van der Waals surface area (Å²) >= 11 is 6.21. The molecule has 1 N–H and O–H groups in total. The third-order valence-electron chi connectivity index (χ3n) is 5.94. The Kier molecular flexibility index (Phi) is 5.86. The van der Waals surface area contributed by atoms with E-state index in [1.54, 1.807) is 36.4 Å². The zero-order valence-corrected chi connectivity index (χ0v) is 19.8. The fourth-order valence-electron chi connectivity index (χ4n) is 4.36. The van der Waals surface area contributed by atoms with Crippen LogP contribution in [0.4, 0.5) is 5.69 Å². The van der Waals surface area contributed by atoms with E-state index in [-0.39, 0.29) is 18.1 Å². The summed E-state index contributed by atoms with van der Waals surface area (Å²) in [6, 6.07) is 16.4. The summed E-state index contributed by atoms with van der Waals surface area (Å²) in [4.78, 5) is 28.1. The maximum atomic E-state index is 13.4. The van der Waals surface area contributed by atoms with Gasteiger partial charge in [0.2, 0.25) is 6.79 Å². The van der Waals surface area contributed by atoms with Gasteiger partial charge in [-0.2, -0.15) is 0 Å². The molecule has 1 amide bonds. The minimum atomic E-state index is -0.860. The van der Waals surface area contributed by atoms with Gasteiger partial charge in [-0.15, -0.1) is 0 Å². The van der Waals surface area contributed by atoms with Gasteiger partial charge in [-0.25, -0.2) is 0 Å². The number of Topliss-reactive ketones (excluding diaryl/α,β-unsaturated/α-hetero) is 1. The first-order valence-corrected chi connectivity index (χ1v) is 11.5. The molecule has 2 aliphatic heterocycles. The van der Waals surface area contributed by atoms with E-state index in [2.05, 4.69) is 0 Å². The van der Waals surface area contributed by atoms with Crippen LogP contribution in [0.25, 0.3) is 5.76 Å². The maximum Gasteiger partial charge on any atom is 0.300 e. The van der Waals surface area contributed by atoms with Crippen molar-refractivity contribution >= 4 is 34.7 Å². The number of anilines is 1. The first-order chi connectivity index (χ1) is 16.9. The van der Waals surface area contributed by atoms with Crippen LogP contribution in [0.15, 0.2) is 66.2 Å². The molecule has 178 valence electrons. The van der Waals surface area contributed by atoms with Gasteiger partial charge in [-0.05, 0) is 49.7 Å². The number of hydrogen-bond donors (Lipinski definition) is 1. The maximum absolute atomic E-state index is 13.4. The third kappa shape index (κ3) is 3.98. The highest BCUT2D eigenvalue weighted by molar-refractivity contribution is 6.51. The minimum Gasteiger partial charge on any atom is -0.507 e. The van der Waals surface area contributed by atoms with Gasteiger partial charge in [0.15, 0.2) is 11.5 Å². The lowest BCUT2D eigenvalue weighted by Gasteiger charge is -2.26. The number of carbonyl (C=O) groups excluding carboxylic acids is 2. The molecule has 35 heavy (non-hydrogen) atoms. The van der Waals surface area contributed by atoms with Crippen molar-refractivity contribution in [3.8, 4) is 17.2 Å². The van der Waals surface area contributed by atoms with E-state index < -0.39 is 17.7 Å². The van der Waals surface area contributed by atoms with Crippen LogP contribution in [0, 0.1) is 6.92 Å². The monoisotopic (exact) mass is 491 g/mol. The number of nitrogens with zero attached hydrogens (tertiary/aromatic N) is 1. The fourth-order valence-corrected chi connectivity index (χ4v) is 4.53. The Bertz CT molecular complexity index is 1380. The second kappa shape index (κ2) is 9.00. The molecule has 0 saturated carbocycles. The summed E-state index contributed by atoms with van der Waals surface area (Å²) in [5.41, 5.74) is 2.38. The van der Waals surface area contributed by atoms with Crippen LogP contribution in [-0.2, 0) is 9.59 Å². The largest absolute Gasteiger partial charge is 0.507 e. The number of aliphatic hydroxyl groups is 1. The first-order valence-electron chi connectivity index (χ1n) is 11.1. The van der Waals surface area contributed by atoms with Crippen LogP contribution in [-0.4, -0.2) is 30.2 Å². The Morgan fingerprint density at radius 3 is 2.66 bits per heavy atom. The molecule has 1 saturated heterocycles. The third-order valence-corrected chi connectivity index (χ3v) is 6.25. The molecule has 3 aromatic rings. The van der Waals surface area contributed by atoms with E-state index >= 15 is 0 Å². The van der Waals surface area contributed by atoms with Crippen molar-refractivity contribution in [3.05, 3.63) is 87.9 Å². The number of aryl methyl sites for hydroxylation is 1. The first kappa shape index (κ1) is 22.8. The Hall–Kier alpha value is -3.97. The van der Waals surface area contributed by atoms with Crippen molar-refractivity contribution in [1.82, 2.24) is 0 Å². The number of carbonyl (C=O) groups is 2. The average molecular weight is 492 g/mol. The van der Waals surface area contributed by atoms with Gasteiger partial charge in [0.1, 0.15) is 11.5 Å². The second-order valence-electron chi connectivity index (χ2n) is 8.20. The van der Waals surface area contributed by atoms with Gasteiger partial charge in [0, 0.05) is 17.3 Å². The molecule has 1 unspecified atom stereocenters. The number of rotatable bonds is 5. The fraction of sp³-hybridized carbons (Fsp3) is 0.185. The molecule has 5 rings (SSSR count). The van der Waals surface area contributed by atoms with E-state index in [0.717, 1.165) is 5.56 Å². The lowest BCUT2D eigenvalue weighted by molar-refractivity contribution is -0.132. The van der Waals surface area contributed by atoms with Crippen molar-refractivity contribution in [2.75, 3.05) is 18.3 Å². The van der Waals surface area contributed by atoms with Crippen molar-refractivity contribution in [2.45, 2.75) is 19.9 Å². The predicted molar refractivity (Wildman–Crippen MR) is 131 cm³/mol. The normalized spacial score (nSPS) is 18.3. The quantitative estimate of drug-likeness (QED) is 0.292. The highest BCUT2D eigenvalue weighted by atomic mass is 35.5. The van der Waals surface area contributed by atoms with Gasteiger partial charge >= 0.3 is 0 Å². The summed E-state index contributed by atoms with van der Waals surface area (Å²) in [5, 5.41) is 11.7. The van der Waals surface area contributed by atoms with Crippen molar-refractivity contribution in [1.29, 1.82) is 0 Å². The van der Waals surface area contributed by atoms with Crippen LogP contribution < -0.4 is 19.1 Å². The summed E-state index contributed by atoms with van der Waals surface area (Å²) in [7, 11) is 0. The number of amides is 1. The van der Waals surface area contributed by atoms with Crippen molar-refractivity contribution in [2.24, 2.45) is 0 Å².